The van der Waals surface area contributed by atoms with Gasteiger partial charge in [-0.25, -0.2) is 4.79 Å². The van der Waals surface area contributed by atoms with Crippen LogP contribution in [0.25, 0.3) is 0 Å². The van der Waals surface area contributed by atoms with Gasteiger partial charge in [-0.15, -0.1) is 0 Å². The second-order valence-corrected chi connectivity index (χ2v) is 4.64. The van der Waals surface area contributed by atoms with Crippen LogP contribution in [-0.4, -0.2) is 50.2 Å². The maximum atomic E-state index is 11.2. The number of esters is 2. The Morgan fingerprint density at radius 3 is 2.45 bits per heavy atom. The predicted octanol–water partition coefficient (Wildman–Crippen LogP) is 1.13. The summed E-state index contributed by atoms with van der Waals surface area (Å²) in [5.41, 5.74) is 0.320. The van der Waals surface area contributed by atoms with Crippen molar-refractivity contribution in [3.05, 3.63) is 12.2 Å². The third-order valence-electron chi connectivity index (χ3n) is 2.58. The van der Waals surface area contributed by atoms with Gasteiger partial charge in [0.1, 0.15) is 13.2 Å². The summed E-state index contributed by atoms with van der Waals surface area (Å²) in [6, 6.07) is 2.11. The summed E-state index contributed by atoms with van der Waals surface area (Å²) in [6.45, 7) is 8.05. The third-order valence-corrected chi connectivity index (χ3v) is 2.58. The zero-order chi connectivity index (χ0) is 15.5. The minimum atomic E-state index is -0.478. The summed E-state index contributed by atoms with van der Waals surface area (Å²) in [5.74, 6) is -1.14. The number of likely N-dealkylation sites (N-methyl/N-ethyl adjacent to an activating group) is 1. The van der Waals surface area contributed by atoms with E-state index in [1.54, 1.807) is 6.92 Å². The summed E-state index contributed by atoms with van der Waals surface area (Å²) in [4.78, 5) is 23.8. The molecule has 6 nitrogen and oxygen atoms in total. The first-order valence-electron chi connectivity index (χ1n) is 6.41. The van der Waals surface area contributed by atoms with E-state index in [1.165, 1.54) is 6.92 Å². The lowest BCUT2D eigenvalue weighted by Gasteiger charge is -2.18. The molecule has 0 N–H and O–H groups in total. The van der Waals surface area contributed by atoms with E-state index in [-0.39, 0.29) is 18.5 Å². The first kappa shape index (κ1) is 18.1. The lowest BCUT2D eigenvalue weighted by atomic mass is 10.1. The molecule has 0 bridgehead atoms. The normalized spacial score (nSPS) is 11.6. The fourth-order valence-corrected chi connectivity index (χ4v) is 1.32. The molecule has 0 aromatic carbocycles. The van der Waals surface area contributed by atoms with E-state index in [0.29, 0.717) is 31.7 Å². The van der Waals surface area contributed by atoms with E-state index < -0.39 is 5.97 Å². The summed E-state index contributed by atoms with van der Waals surface area (Å²) in [7, 11) is 1.87. The van der Waals surface area contributed by atoms with E-state index in [0.717, 1.165) is 0 Å². The molecule has 0 rings (SSSR count). The molecule has 0 fully saturated rings. The molecule has 0 radical (unpaired) electrons. The largest absolute Gasteiger partial charge is 0.465 e. The van der Waals surface area contributed by atoms with Crippen molar-refractivity contribution in [2.24, 2.45) is 5.92 Å². The van der Waals surface area contributed by atoms with E-state index in [1.807, 2.05) is 11.9 Å². The maximum Gasteiger partial charge on any atom is 0.333 e. The Morgan fingerprint density at radius 1 is 1.30 bits per heavy atom. The van der Waals surface area contributed by atoms with Gasteiger partial charge >= 0.3 is 11.9 Å². The number of hydrogen-bond acceptors (Lipinski definition) is 6. The van der Waals surface area contributed by atoms with Crippen molar-refractivity contribution in [3.63, 3.8) is 0 Å². The highest BCUT2D eigenvalue weighted by Gasteiger charge is 2.12. The molecule has 0 aromatic rings. The average Bonchev–Trinajstić information content (AvgIpc) is 2.37. The Hall–Kier alpha value is -1.87. The smallest absolute Gasteiger partial charge is 0.333 e. The topological polar surface area (TPSA) is 79.6 Å². The zero-order valence-corrected chi connectivity index (χ0v) is 12.3. The van der Waals surface area contributed by atoms with Gasteiger partial charge in [-0.2, -0.15) is 5.26 Å². The molecule has 0 aromatic heterocycles. The quantitative estimate of drug-likeness (QED) is 0.466. The molecule has 0 saturated carbocycles. The molecule has 20 heavy (non-hydrogen) atoms. The molecular formula is C14H22N2O4. The van der Waals surface area contributed by atoms with Crippen LogP contribution in [0.15, 0.2) is 12.2 Å². The molecule has 1 atom stereocenters. The molecule has 112 valence electrons. The Balaban J connectivity index is 3.89. The number of nitrogens with zero attached hydrogens (tertiary/aromatic N) is 2. The minimum Gasteiger partial charge on any atom is -0.465 e. The van der Waals surface area contributed by atoms with Crippen LogP contribution in [0.1, 0.15) is 20.3 Å². The van der Waals surface area contributed by atoms with Gasteiger partial charge in [-0.05, 0) is 26.9 Å². The monoisotopic (exact) mass is 282 g/mol. The average molecular weight is 282 g/mol. The highest BCUT2D eigenvalue weighted by atomic mass is 16.5. The van der Waals surface area contributed by atoms with E-state index in [9.17, 15) is 9.59 Å². The van der Waals surface area contributed by atoms with Crippen LogP contribution in [-0.2, 0) is 19.1 Å². The Bertz CT molecular complexity index is 387. The molecule has 0 amide bonds. The maximum absolute atomic E-state index is 11.2. The molecule has 0 spiro atoms. The Morgan fingerprint density at radius 2 is 1.95 bits per heavy atom. The highest BCUT2D eigenvalue weighted by Crippen LogP contribution is 2.05. The first-order valence-corrected chi connectivity index (χ1v) is 6.41. The van der Waals surface area contributed by atoms with Crippen molar-refractivity contribution in [2.75, 3.05) is 33.4 Å². The SMILES string of the molecule is C=C(C)C(=O)OCC(C#N)CCN(C)CCOC(C)=O. The van der Waals surface area contributed by atoms with Crippen LogP contribution < -0.4 is 0 Å². The minimum absolute atomic E-state index is 0.0694. The molecule has 6 heteroatoms. The molecule has 0 aliphatic carbocycles. The number of rotatable bonds is 9. The predicted molar refractivity (Wildman–Crippen MR) is 73.6 cm³/mol. The molecule has 1 unspecified atom stereocenters. The van der Waals surface area contributed by atoms with Crippen LogP contribution >= 0.6 is 0 Å². The molecular weight excluding hydrogens is 260 g/mol. The Labute approximate surface area is 119 Å². The molecule has 0 aliphatic rings. The summed E-state index contributed by atoms with van der Waals surface area (Å²) < 4.78 is 9.78. The first-order chi connectivity index (χ1) is 9.36. The standard InChI is InChI=1S/C14H22N2O4/c1-11(2)14(18)20-10-13(9-15)5-6-16(4)7-8-19-12(3)17/h13H,1,5-8,10H2,2-4H3. The van der Waals surface area contributed by atoms with Gasteiger partial charge in [0, 0.05) is 19.0 Å². The van der Waals surface area contributed by atoms with Crippen molar-refractivity contribution in [1.82, 2.24) is 4.90 Å². The fraction of sp³-hybridized carbons (Fsp3) is 0.643. The van der Waals surface area contributed by atoms with E-state index in [2.05, 4.69) is 12.6 Å². The lowest BCUT2D eigenvalue weighted by molar-refractivity contribution is -0.141. The van der Waals surface area contributed by atoms with Gasteiger partial charge in [0.25, 0.3) is 0 Å². The third kappa shape index (κ3) is 9.11. The second-order valence-electron chi connectivity index (χ2n) is 4.64. The van der Waals surface area contributed by atoms with Crippen molar-refractivity contribution in [1.29, 1.82) is 5.26 Å². The van der Waals surface area contributed by atoms with Gasteiger partial charge < -0.3 is 14.4 Å². The summed E-state index contributed by atoms with van der Waals surface area (Å²) in [5, 5.41) is 8.99. The van der Waals surface area contributed by atoms with Crippen molar-refractivity contribution in [2.45, 2.75) is 20.3 Å². The molecule has 0 saturated heterocycles. The van der Waals surface area contributed by atoms with E-state index >= 15 is 0 Å². The van der Waals surface area contributed by atoms with Crippen LogP contribution in [0.5, 0.6) is 0 Å². The van der Waals surface area contributed by atoms with Crippen molar-refractivity contribution < 1.29 is 19.1 Å². The van der Waals surface area contributed by atoms with Gasteiger partial charge in [-0.3, -0.25) is 4.79 Å². The van der Waals surface area contributed by atoms with Gasteiger partial charge in [-0.1, -0.05) is 6.58 Å². The summed E-state index contributed by atoms with van der Waals surface area (Å²) >= 11 is 0. The van der Waals surface area contributed by atoms with Crippen LogP contribution in [0.3, 0.4) is 0 Å². The highest BCUT2D eigenvalue weighted by molar-refractivity contribution is 5.86. The fourth-order valence-electron chi connectivity index (χ4n) is 1.32. The van der Waals surface area contributed by atoms with Crippen LogP contribution in [0.4, 0.5) is 0 Å². The number of carbonyl (C=O) groups excluding carboxylic acids is 2. The number of carbonyl (C=O) groups is 2. The van der Waals surface area contributed by atoms with Gasteiger partial charge in [0.2, 0.25) is 0 Å². The molecule has 0 heterocycles. The zero-order valence-electron chi connectivity index (χ0n) is 12.3. The lowest BCUT2D eigenvalue weighted by Crippen LogP contribution is -2.27. The van der Waals surface area contributed by atoms with E-state index in [4.69, 9.17) is 14.7 Å². The van der Waals surface area contributed by atoms with Crippen molar-refractivity contribution >= 4 is 11.9 Å². The van der Waals surface area contributed by atoms with Crippen LogP contribution in [0, 0.1) is 17.2 Å². The number of ether oxygens (including phenoxy) is 2. The van der Waals surface area contributed by atoms with Crippen LogP contribution in [0.2, 0.25) is 0 Å². The van der Waals surface area contributed by atoms with Crippen molar-refractivity contribution in [3.8, 4) is 6.07 Å². The number of hydrogen-bond donors (Lipinski definition) is 0. The molecule has 0 aliphatic heterocycles. The van der Waals surface area contributed by atoms with Gasteiger partial charge in [0.15, 0.2) is 0 Å². The number of nitriles is 1. The Kier molecular flexibility index (Phi) is 9.05. The summed E-state index contributed by atoms with van der Waals surface area (Å²) in [6.07, 6.45) is 0.580. The second kappa shape index (κ2) is 9.98. The van der Waals surface area contributed by atoms with Gasteiger partial charge in [0.05, 0.1) is 12.0 Å².